The van der Waals surface area contributed by atoms with Gasteiger partial charge < -0.3 is 36.4 Å². The molecule has 47 heavy (non-hydrogen) atoms. The Hall–Kier alpha value is -2.21. The van der Waals surface area contributed by atoms with E-state index in [1.165, 1.54) is 0 Å². The molecule has 4 unspecified atom stereocenters. The first-order chi connectivity index (χ1) is 22.6. The summed E-state index contributed by atoms with van der Waals surface area (Å²) in [5.41, 5.74) is 0. The van der Waals surface area contributed by atoms with Crippen LogP contribution in [0.2, 0.25) is 0 Å². The first-order valence-electron chi connectivity index (χ1n) is 17.2. The number of hydrogen-bond acceptors (Lipinski definition) is 11. The first-order valence-corrected chi connectivity index (χ1v) is 18.2. The Morgan fingerprint density at radius 3 is 2.11 bits per heavy atom. The third-order valence-corrected chi connectivity index (χ3v) is 11.7. The average molecular weight is 686 g/mol. The zero-order valence-corrected chi connectivity index (χ0v) is 28.2. The number of hydrogen-bond donors (Lipinski definition) is 7. The maximum Gasteiger partial charge on any atom is 0.317 e. The second-order valence-electron chi connectivity index (χ2n) is 13.6. The number of aliphatic hydroxyl groups is 2. The molecule has 3 heterocycles. The quantitative estimate of drug-likeness (QED) is 0.0908. The molecule has 15 nitrogen and oxygen atoms in total. The Labute approximate surface area is 281 Å². The van der Waals surface area contributed by atoms with Crippen molar-refractivity contribution < 1.29 is 39.6 Å². The fourth-order valence-corrected chi connectivity index (χ4v) is 9.01. The number of unbranched alkanes of at least 4 members (excludes halogenated alkanes) is 1. The van der Waals surface area contributed by atoms with Crippen molar-refractivity contribution in [1.29, 1.82) is 0 Å². The van der Waals surface area contributed by atoms with Crippen LogP contribution in [0.15, 0.2) is 0 Å². The molecule has 1 saturated carbocycles. The van der Waals surface area contributed by atoms with E-state index >= 15 is 0 Å². The highest BCUT2D eigenvalue weighted by Crippen LogP contribution is 2.33. The summed E-state index contributed by atoms with van der Waals surface area (Å²) in [6, 6.07) is 0.228. The highest BCUT2D eigenvalue weighted by atomic mass is 32.2. The Bertz CT molecular complexity index is 1040. The topological polar surface area (TPSA) is 198 Å². The predicted octanol–water partition coefficient (Wildman–Crippen LogP) is -0.564. The average Bonchev–Trinajstić information content (AvgIpc) is 3.58. The number of thioether (sulfide) groups is 1. The number of nitrogens with zero attached hydrogens (tertiary/aromatic N) is 4. The summed E-state index contributed by atoms with van der Waals surface area (Å²) in [5, 5.41) is 48.7. The van der Waals surface area contributed by atoms with Crippen LogP contribution in [0.4, 0.5) is 4.79 Å². The van der Waals surface area contributed by atoms with Crippen LogP contribution in [-0.2, 0) is 14.4 Å². The van der Waals surface area contributed by atoms with E-state index in [2.05, 4.69) is 16.0 Å². The number of aliphatic carboxylic acids is 2. The summed E-state index contributed by atoms with van der Waals surface area (Å²) in [5.74, 6) is -0.589. The fraction of sp³-hybridized carbons (Fsp3) is 0.871. The lowest BCUT2D eigenvalue weighted by molar-refractivity contribution is -0.141. The third-order valence-electron chi connectivity index (χ3n) is 10.1. The molecule has 0 radical (unpaired) electrons. The summed E-state index contributed by atoms with van der Waals surface area (Å²) in [7, 11) is 0. The van der Waals surface area contributed by atoms with Crippen LogP contribution >= 0.6 is 11.8 Å². The van der Waals surface area contributed by atoms with Gasteiger partial charge in [-0.15, -0.1) is 0 Å². The molecule has 4 aliphatic rings. The molecule has 0 aromatic rings. The normalized spacial score (nSPS) is 30.5. The van der Waals surface area contributed by atoms with Crippen molar-refractivity contribution in [3.63, 3.8) is 0 Å². The van der Waals surface area contributed by atoms with E-state index in [-0.39, 0.29) is 62.7 Å². The van der Waals surface area contributed by atoms with Crippen molar-refractivity contribution in [3.8, 4) is 0 Å². The van der Waals surface area contributed by atoms with E-state index in [1.54, 1.807) is 0 Å². The number of carbonyl (C=O) groups is 4. The Morgan fingerprint density at radius 2 is 1.47 bits per heavy atom. The number of rotatable bonds is 14. The summed E-state index contributed by atoms with van der Waals surface area (Å²) in [6.45, 7) is 2.41. The number of nitrogens with one attached hydrogen (secondary N) is 3. The Morgan fingerprint density at radius 1 is 0.830 bits per heavy atom. The number of amides is 3. The van der Waals surface area contributed by atoms with Crippen molar-refractivity contribution in [2.24, 2.45) is 5.92 Å². The van der Waals surface area contributed by atoms with E-state index in [0.29, 0.717) is 69.8 Å². The molecule has 0 bridgehead atoms. The molecule has 4 fully saturated rings. The molecule has 7 N–H and O–H groups in total. The molecule has 4 atom stereocenters. The zero-order chi connectivity index (χ0) is 33.8. The van der Waals surface area contributed by atoms with Gasteiger partial charge in [-0.3, -0.25) is 34.0 Å². The maximum absolute atomic E-state index is 12.7. The van der Waals surface area contributed by atoms with E-state index < -0.39 is 11.9 Å². The van der Waals surface area contributed by atoms with Crippen molar-refractivity contribution >= 4 is 35.6 Å². The first kappa shape index (κ1) is 37.6. The zero-order valence-electron chi connectivity index (χ0n) is 27.4. The van der Waals surface area contributed by atoms with Gasteiger partial charge in [0, 0.05) is 75.3 Å². The second-order valence-corrected chi connectivity index (χ2v) is 14.8. The molecule has 0 aromatic heterocycles. The van der Waals surface area contributed by atoms with Gasteiger partial charge in [-0.2, -0.15) is 11.8 Å². The Balaban J connectivity index is 1.27. The molecular formula is C31H55N7O8S. The molecule has 3 saturated heterocycles. The Kier molecular flexibility index (Phi) is 15.3. The monoisotopic (exact) mass is 685 g/mol. The standard InChI is InChI=1S/C31H55N7O8S/c39-20-35-9-10-36(21-40)13-14-38(18-29(44)45)24(16-37(12-11-35)17-28(42)43)15-22-5-7-23(8-6-22)32-27(41)4-2-1-3-26-30-25(19-47-26)33-31(46)34-30/h22-26,30,39-40H,1-21H2,(H,32,41)(H,42,43)(H,44,45)(H2,33,34,46). The molecule has 16 heteroatoms. The van der Waals surface area contributed by atoms with E-state index in [9.17, 15) is 39.6 Å². The van der Waals surface area contributed by atoms with Gasteiger partial charge in [0.2, 0.25) is 5.91 Å². The molecule has 3 aliphatic heterocycles. The van der Waals surface area contributed by atoms with Crippen molar-refractivity contribution in [3.05, 3.63) is 0 Å². The van der Waals surface area contributed by atoms with Crippen LogP contribution in [0.25, 0.3) is 0 Å². The minimum Gasteiger partial charge on any atom is -0.480 e. The molecule has 3 amide bonds. The lowest BCUT2D eigenvalue weighted by Crippen LogP contribution is -2.53. The van der Waals surface area contributed by atoms with Gasteiger partial charge in [0.1, 0.15) is 0 Å². The molecule has 0 aromatic carbocycles. The number of fused-ring (bicyclic) bond motifs is 1. The lowest BCUT2D eigenvalue weighted by atomic mass is 9.81. The van der Waals surface area contributed by atoms with Gasteiger partial charge in [-0.1, -0.05) is 6.42 Å². The summed E-state index contributed by atoms with van der Waals surface area (Å²) >= 11 is 1.89. The van der Waals surface area contributed by atoms with Crippen molar-refractivity contribution in [2.45, 2.75) is 87.2 Å². The van der Waals surface area contributed by atoms with Gasteiger partial charge in [-0.25, -0.2) is 4.79 Å². The second kappa shape index (κ2) is 19.1. The molecule has 0 spiro atoms. The SMILES string of the molecule is O=C(O)CN1CCN(CO)CCN(CO)CCN(CC(=O)O)C(CC2CCC(NC(=O)CCCCC3SCC4NC(=O)NC43)CC2)C1. The third kappa shape index (κ3) is 12.3. The minimum absolute atomic E-state index is 0.0721. The van der Waals surface area contributed by atoms with Crippen LogP contribution in [-0.4, -0.2) is 171 Å². The highest BCUT2D eigenvalue weighted by Gasteiger charge is 2.42. The van der Waals surface area contributed by atoms with Gasteiger partial charge in [0.25, 0.3) is 0 Å². The highest BCUT2D eigenvalue weighted by molar-refractivity contribution is 8.00. The largest absolute Gasteiger partial charge is 0.480 e. The van der Waals surface area contributed by atoms with Crippen LogP contribution in [0, 0.1) is 5.92 Å². The number of carbonyl (C=O) groups excluding carboxylic acids is 2. The lowest BCUT2D eigenvalue weighted by Gasteiger charge is -2.40. The van der Waals surface area contributed by atoms with Gasteiger partial charge >= 0.3 is 18.0 Å². The minimum atomic E-state index is -0.954. The van der Waals surface area contributed by atoms with Crippen LogP contribution < -0.4 is 16.0 Å². The fourth-order valence-electron chi connectivity index (χ4n) is 7.47. The molecule has 4 rings (SSSR count). The van der Waals surface area contributed by atoms with E-state index in [4.69, 9.17) is 0 Å². The van der Waals surface area contributed by atoms with Crippen LogP contribution in [0.1, 0.15) is 57.8 Å². The number of carboxylic acid groups (broad SMARTS) is 2. The summed E-state index contributed by atoms with van der Waals surface area (Å²) in [6.07, 6.45) is 7.41. The van der Waals surface area contributed by atoms with Gasteiger partial charge in [0.05, 0.1) is 38.6 Å². The van der Waals surface area contributed by atoms with Crippen molar-refractivity contribution in [1.82, 2.24) is 35.6 Å². The maximum atomic E-state index is 12.7. The number of urea groups is 1. The van der Waals surface area contributed by atoms with E-state index in [1.807, 2.05) is 31.4 Å². The smallest absolute Gasteiger partial charge is 0.317 e. The molecule has 268 valence electrons. The predicted molar refractivity (Wildman–Crippen MR) is 177 cm³/mol. The van der Waals surface area contributed by atoms with Gasteiger partial charge in [0.15, 0.2) is 0 Å². The molecular weight excluding hydrogens is 630 g/mol. The van der Waals surface area contributed by atoms with E-state index in [0.717, 1.165) is 50.7 Å². The number of carboxylic acids is 2. The summed E-state index contributed by atoms with van der Waals surface area (Å²) in [4.78, 5) is 55.4. The summed E-state index contributed by atoms with van der Waals surface area (Å²) < 4.78 is 0. The number of aliphatic hydroxyl groups excluding tert-OH is 2. The molecule has 1 aliphatic carbocycles. The van der Waals surface area contributed by atoms with Gasteiger partial charge in [-0.05, 0) is 50.9 Å². The van der Waals surface area contributed by atoms with Crippen LogP contribution in [0.5, 0.6) is 0 Å². The van der Waals surface area contributed by atoms with Crippen molar-refractivity contribution in [2.75, 3.05) is 78.1 Å². The van der Waals surface area contributed by atoms with Crippen LogP contribution in [0.3, 0.4) is 0 Å².